The third-order valence-corrected chi connectivity index (χ3v) is 2.69. The molecule has 0 unspecified atom stereocenters. The zero-order valence-corrected chi connectivity index (χ0v) is 10.5. The molecule has 0 bridgehead atoms. The van der Waals surface area contributed by atoms with Gasteiger partial charge in [-0.3, -0.25) is 0 Å². The van der Waals surface area contributed by atoms with Crippen molar-refractivity contribution in [1.82, 2.24) is 9.97 Å². The fourth-order valence-corrected chi connectivity index (χ4v) is 1.80. The Labute approximate surface area is 105 Å². The number of benzene rings is 1. The Bertz CT molecular complexity index is 527. The van der Waals surface area contributed by atoms with Gasteiger partial charge in [-0.05, 0) is 18.2 Å². The SMILES string of the molecule is CCc1nc(NCCN)c2ccc(Cl)cc2n1. The van der Waals surface area contributed by atoms with Gasteiger partial charge in [0, 0.05) is 29.9 Å². The zero-order valence-electron chi connectivity index (χ0n) is 9.70. The maximum atomic E-state index is 5.97. The van der Waals surface area contributed by atoms with Crippen LogP contribution in [-0.4, -0.2) is 23.1 Å². The molecule has 0 saturated heterocycles. The molecule has 1 heterocycles. The van der Waals surface area contributed by atoms with E-state index in [2.05, 4.69) is 15.3 Å². The summed E-state index contributed by atoms with van der Waals surface area (Å²) < 4.78 is 0. The summed E-state index contributed by atoms with van der Waals surface area (Å²) in [6.45, 7) is 3.29. The molecule has 0 radical (unpaired) electrons. The summed E-state index contributed by atoms with van der Waals surface area (Å²) in [5.41, 5.74) is 6.35. The first-order chi connectivity index (χ1) is 8.24. The molecule has 0 aliphatic carbocycles. The van der Waals surface area contributed by atoms with E-state index in [-0.39, 0.29) is 0 Å². The molecular formula is C12H15ClN4. The highest BCUT2D eigenvalue weighted by molar-refractivity contribution is 6.31. The summed E-state index contributed by atoms with van der Waals surface area (Å²) in [6.07, 6.45) is 0.791. The van der Waals surface area contributed by atoms with Gasteiger partial charge < -0.3 is 11.1 Å². The first-order valence-corrected chi connectivity index (χ1v) is 6.02. The van der Waals surface area contributed by atoms with Crippen LogP contribution in [0.2, 0.25) is 5.02 Å². The second-order valence-electron chi connectivity index (χ2n) is 3.72. The van der Waals surface area contributed by atoms with Crippen LogP contribution in [0.4, 0.5) is 5.82 Å². The molecule has 0 fully saturated rings. The molecule has 1 aromatic carbocycles. The number of aryl methyl sites for hydroxylation is 1. The number of fused-ring (bicyclic) bond motifs is 1. The van der Waals surface area contributed by atoms with E-state index in [1.807, 2.05) is 25.1 Å². The molecule has 0 atom stereocenters. The number of nitrogens with zero attached hydrogens (tertiary/aromatic N) is 2. The first kappa shape index (κ1) is 12.1. The molecule has 0 amide bonds. The Hall–Kier alpha value is -1.39. The molecule has 0 saturated carbocycles. The third kappa shape index (κ3) is 2.65. The maximum Gasteiger partial charge on any atom is 0.137 e. The molecule has 0 spiro atoms. The number of hydrogen-bond acceptors (Lipinski definition) is 4. The minimum atomic E-state index is 0.570. The van der Waals surface area contributed by atoms with Gasteiger partial charge in [0.1, 0.15) is 11.6 Å². The van der Waals surface area contributed by atoms with Crippen molar-refractivity contribution in [2.24, 2.45) is 5.73 Å². The van der Waals surface area contributed by atoms with Crippen molar-refractivity contribution in [1.29, 1.82) is 0 Å². The Kier molecular flexibility index (Phi) is 3.76. The van der Waals surface area contributed by atoms with Crippen molar-refractivity contribution in [3.05, 3.63) is 29.0 Å². The standard InChI is InChI=1S/C12H15ClN4/c1-2-11-16-10-7-8(13)3-4-9(10)12(17-11)15-6-5-14/h3-4,7H,2,5-6,14H2,1H3,(H,15,16,17). The first-order valence-electron chi connectivity index (χ1n) is 5.64. The van der Waals surface area contributed by atoms with Crippen LogP contribution in [-0.2, 0) is 6.42 Å². The van der Waals surface area contributed by atoms with Crippen molar-refractivity contribution < 1.29 is 0 Å². The summed E-state index contributed by atoms with van der Waals surface area (Å²) in [5.74, 6) is 1.63. The quantitative estimate of drug-likeness (QED) is 0.873. The van der Waals surface area contributed by atoms with Crippen LogP contribution < -0.4 is 11.1 Å². The van der Waals surface area contributed by atoms with Crippen LogP contribution in [0.1, 0.15) is 12.7 Å². The second-order valence-corrected chi connectivity index (χ2v) is 4.16. The van der Waals surface area contributed by atoms with E-state index < -0.39 is 0 Å². The van der Waals surface area contributed by atoms with Crippen molar-refractivity contribution in [3.8, 4) is 0 Å². The van der Waals surface area contributed by atoms with E-state index in [1.54, 1.807) is 0 Å². The molecule has 2 aromatic rings. The van der Waals surface area contributed by atoms with Gasteiger partial charge in [0.2, 0.25) is 0 Å². The molecular weight excluding hydrogens is 236 g/mol. The van der Waals surface area contributed by atoms with Crippen LogP contribution in [0.5, 0.6) is 0 Å². The lowest BCUT2D eigenvalue weighted by Gasteiger charge is -2.09. The van der Waals surface area contributed by atoms with E-state index in [9.17, 15) is 0 Å². The molecule has 17 heavy (non-hydrogen) atoms. The summed E-state index contributed by atoms with van der Waals surface area (Å²) in [4.78, 5) is 8.92. The lowest BCUT2D eigenvalue weighted by atomic mass is 10.2. The highest BCUT2D eigenvalue weighted by Gasteiger charge is 2.06. The second kappa shape index (κ2) is 5.29. The van der Waals surface area contributed by atoms with Gasteiger partial charge in [-0.1, -0.05) is 18.5 Å². The Morgan fingerprint density at radius 3 is 2.88 bits per heavy atom. The largest absolute Gasteiger partial charge is 0.368 e. The van der Waals surface area contributed by atoms with Gasteiger partial charge in [-0.2, -0.15) is 0 Å². The smallest absolute Gasteiger partial charge is 0.137 e. The topological polar surface area (TPSA) is 63.8 Å². The average molecular weight is 251 g/mol. The monoisotopic (exact) mass is 250 g/mol. The van der Waals surface area contributed by atoms with Crippen molar-refractivity contribution >= 4 is 28.3 Å². The average Bonchev–Trinajstić information content (AvgIpc) is 2.34. The molecule has 90 valence electrons. The van der Waals surface area contributed by atoms with Gasteiger partial charge in [-0.25, -0.2) is 9.97 Å². The number of aromatic nitrogens is 2. The molecule has 1 aromatic heterocycles. The Balaban J connectivity index is 2.54. The lowest BCUT2D eigenvalue weighted by molar-refractivity contribution is 0.946. The van der Waals surface area contributed by atoms with E-state index in [0.717, 1.165) is 29.0 Å². The molecule has 0 aliphatic rings. The number of anilines is 1. The number of nitrogens with one attached hydrogen (secondary N) is 1. The van der Waals surface area contributed by atoms with Gasteiger partial charge in [-0.15, -0.1) is 0 Å². The van der Waals surface area contributed by atoms with E-state index in [1.165, 1.54) is 0 Å². The highest BCUT2D eigenvalue weighted by Crippen LogP contribution is 2.23. The number of nitrogens with two attached hydrogens (primary N) is 1. The maximum absolute atomic E-state index is 5.97. The third-order valence-electron chi connectivity index (χ3n) is 2.46. The molecule has 4 nitrogen and oxygen atoms in total. The van der Waals surface area contributed by atoms with Gasteiger partial charge >= 0.3 is 0 Å². The number of rotatable bonds is 4. The number of hydrogen-bond donors (Lipinski definition) is 2. The fourth-order valence-electron chi connectivity index (χ4n) is 1.63. The minimum Gasteiger partial charge on any atom is -0.368 e. The van der Waals surface area contributed by atoms with Gasteiger partial charge in [0.15, 0.2) is 0 Å². The van der Waals surface area contributed by atoms with Crippen LogP contribution in [0.3, 0.4) is 0 Å². The lowest BCUT2D eigenvalue weighted by Crippen LogP contribution is -2.15. The fraction of sp³-hybridized carbons (Fsp3) is 0.333. The summed E-state index contributed by atoms with van der Waals surface area (Å²) in [5, 5.41) is 4.87. The normalized spacial score (nSPS) is 10.8. The Morgan fingerprint density at radius 2 is 2.18 bits per heavy atom. The molecule has 0 aliphatic heterocycles. The van der Waals surface area contributed by atoms with E-state index in [0.29, 0.717) is 18.1 Å². The summed E-state index contributed by atoms with van der Waals surface area (Å²) >= 11 is 5.97. The van der Waals surface area contributed by atoms with Crippen LogP contribution in [0.25, 0.3) is 10.9 Å². The van der Waals surface area contributed by atoms with Gasteiger partial charge in [0.25, 0.3) is 0 Å². The van der Waals surface area contributed by atoms with Crippen LogP contribution in [0.15, 0.2) is 18.2 Å². The minimum absolute atomic E-state index is 0.570. The van der Waals surface area contributed by atoms with Crippen molar-refractivity contribution in [3.63, 3.8) is 0 Å². The summed E-state index contributed by atoms with van der Waals surface area (Å²) in [6, 6.07) is 5.62. The molecule has 2 rings (SSSR count). The predicted molar refractivity (Wildman–Crippen MR) is 71.5 cm³/mol. The number of halogens is 1. The summed E-state index contributed by atoms with van der Waals surface area (Å²) in [7, 11) is 0. The van der Waals surface area contributed by atoms with Gasteiger partial charge in [0.05, 0.1) is 5.52 Å². The van der Waals surface area contributed by atoms with Crippen molar-refractivity contribution in [2.45, 2.75) is 13.3 Å². The predicted octanol–water partition coefficient (Wildman–Crippen LogP) is 2.22. The van der Waals surface area contributed by atoms with Crippen molar-refractivity contribution in [2.75, 3.05) is 18.4 Å². The molecule has 5 heteroatoms. The van der Waals surface area contributed by atoms with Crippen LogP contribution in [0, 0.1) is 0 Å². The van der Waals surface area contributed by atoms with Crippen LogP contribution >= 0.6 is 11.6 Å². The Morgan fingerprint density at radius 1 is 1.35 bits per heavy atom. The molecule has 3 N–H and O–H groups in total. The van der Waals surface area contributed by atoms with E-state index >= 15 is 0 Å². The van der Waals surface area contributed by atoms with E-state index in [4.69, 9.17) is 17.3 Å². The highest BCUT2D eigenvalue weighted by atomic mass is 35.5. The zero-order chi connectivity index (χ0) is 12.3.